The van der Waals surface area contributed by atoms with Gasteiger partial charge in [-0.05, 0) is 18.6 Å². The zero-order valence-corrected chi connectivity index (χ0v) is 8.23. The maximum atomic E-state index is 11.2. The van der Waals surface area contributed by atoms with Gasteiger partial charge in [0.15, 0.2) is 0 Å². The third kappa shape index (κ3) is 1.04. The van der Waals surface area contributed by atoms with Crippen LogP contribution < -0.4 is 5.32 Å². The van der Waals surface area contributed by atoms with Gasteiger partial charge in [0.25, 0.3) is 0 Å². The molecule has 1 N–H and O–H groups in total. The van der Waals surface area contributed by atoms with Crippen LogP contribution in [0, 0.1) is 0 Å². The van der Waals surface area contributed by atoms with E-state index in [4.69, 9.17) is 0 Å². The summed E-state index contributed by atoms with van der Waals surface area (Å²) in [6.45, 7) is 0. The second-order valence-electron chi connectivity index (χ2n) is 3.31. The normalized spacial score (nSPS) is 15.3. The number of anilines is 1. The van der Waals surface area contributed by atoms with Crippen LogP contribution >= 0.6 is 11.3 Å². The second-order valence-corrected chi connectivity index (χ2v) is 4.36. The number of nitrogens with zero attached hydrogens (tertiary/aromatic N) is 1. The Morgan fingerprint density at radius 1 is 1.43 bits per heavy atom. The first kappa shape index (κ1) is 7.94. The van der Waals surface area contributed by atoms with E-state index in [9.17, 15) is 4.79 Å². The largest absolute Gasteiger partial charge is 0.317 e. The van der Waals surface area contributed by atoms with Gasteiger partial charge in [-0.15, -0.1) is 11.3 Å². The molecule has 0 atom stereocenters. The van der Waals surface area contributed by atoms with Gasteiger partial charge in [-0.3, -0.25) is 9.78 Å². The first-order chi connectivity index (χ1) is 6.84. The van der Waals surface area contributed by atoms with Crippen molar-refractivity contribution in [3.63, 3.8) is 0 Å². The van der Waals surface area contributed by atoms with Gasteiger partial charge in [-0.2, -0.15) is 0 Å². The van der Waals surface area contributed by atoms with Crippen LogP contribution in [0.5, 0.6) is 0 Å². The van der Waals surface area contributed by atoms with Crippen LogP contribution in [0.2, 0.25) is 0 Å². The SMILES string of the molecule is O=C1CCc2c(sc3cccnc23)N1. The molecule has 0 spiro atoms. The Labute approximate surface area is 84.8 Å². The molecular formula is C10H8N2OS. The molecule has 0 saturated carbocycles. The Morgan fingerprint density at radius 2 is 2.36 bits per heavy atom. The number of rotatable bonds is 0. The molecule has 0 radical (unpaired) electrons. The van der Waals surface area contributed by atoms with Crippen molar-refractivity contribution in [2.24, 2.45) is 0 Å². The molecule has 0 unspecified atom stereocenters. The molecule has 14 heavy (non-hydrogen) atoms. The minimum atomic E-state index is 0.115. The van der Waals surface area contributed by atoms with Crippen molar-refractivity contribution < 1.29 is 4.79 Å². The predicted octanol–water partition coefficient (Wildman–Crippen LogP) is 2.18. The summed E-state index contributed by atoms with van der Waals surface area (Å²) in [4.78, 5) is 15.5. The molecule has 1 amide bonds. The Kier molecular flexibility index (Phi) is 1.58. The molecule has 3 heterocycles. The number of hydrogen-bond acceptors (Lipinski definition) is 3. The average Bonchev–Trinajstić information content (AvgIpc) is 2.54. The number of thiophene rings is 1. The Morgan fingerprint density at radius 3 is 3.29 bits per heavy atom. The fourth-order valence-electron chi connectivity index (χ4n) is 1.74. The molecular weight excluding hydrogens is 196 g/mol. The van der Waals surface area contributed by atoms with Gasteiger partial charge >= 0.3 is 0 Å². The molecule has 0 aromatic carbocycles. The minimum Gasteiger partial charge on any atom is -0.317 e. The van der Waals surface area contributed by atoms with Crippen LogP contribution in [-0.4, -0.2) is 10.9 Å². The zero-order valence-electron chi connectivity index (χ0n) is 7.41. The van der Waals surface area contributed by atoms with Gasteiger partial charge in [0.05, 0.1) is 10.2 Å². The number of fused-ring (bicyclic) bond motifs is 3. The fourth-order valence-corrected chi connectivity index (χ4v) is 2.87. The molecule has 2 aromatic heterocycles. The maximum absolute atomic E-state index is 11.2. The molecule has 0 bridgehead atoms. The third-order valence-corrected chi connectivity index (χ3v) is 3.50. The lowest BCUT2D eigenvalue weighted by molar-refractivity contribution is -0.116. The summed E-state index contributed by atoms with van der Waals surface area (Å²) in [6, 6.07) is 3.96. The van der Waals surface area contributed by atoms with E-state index in [1.54, 1.807) is 17.5 Å². The number of aromatic nitrogens is 1. The fraction of sp³-hybridized carbons (Fsp3) is 0.200. The standard InChI is InChI=1S/C10H8N2OS/c13-8-4-3-6-9-7(2-1-5-11-9)14-10(6)12-8/h1-2,5H,3-4H2,(H,12,13). The van der Waals surface area contributed by atoms with Gasteiger partial charge < -0.3 is 5.32 Å². The summed E-state index contributed by atoms with van der Waals surface area (Å²) in [5.74, 6) is 0.115. The minimum absolute atomic E-state index is 0.115. The summed E-state index contributed by atoms with van der Waals surface area (Å²) < 4.78 is 1.15. The second kappa shape index (κ2) is 2.78. The predicted molar refractivity (Wildman–Crippen MR) is 56.6 cm³/mol. The number of nitrogens with one attached hydrogen (secondary N) is 1. The molecule has 2 aromatic rings. The van der Waals surface area contributed by atoms with Crippen molar-refractivity contribution in [1.29, 1.82) is 0 Å². The lowest BCUT2D eigenvalue weighted by Crippen LogP contribution is -2.17. The van der Waals surface area contributed by atoms with Gasteiger partial charge in [0.1, 0.15) is 5.00 Å². The van der Waals surface area contributed by atoms with E-state index in [1.165, 1.54) is 5.56 Å². The smallest absolute Gasteiger partial charge is 0.225 e. The summed E-state index contributed by atoms with van der Waals surface area (Å²) in [5.41, 5.74) is 2.25. The van der Waals surface area contributed by atoms with Gasteiger partial charge in [-0.1, -0.05) is 0 Å². The lowest BCUT2D eigenvalue weighted by atomic mass is 10.1. The van der Waals surface area contributed by atoms with E-state index >= 15 is 0 Å². The van der Waals surface area contributed by atoms with Crippen molar-refractivity contribution in [1.82, 2.24) is 4.98 Å². The highest BCUT2D eigenvalue weighted by Gasteiger charge is 2.20. The first-order valence-electron chi connectivity index (χ1n) is 4.51. The van der Waals surface area contributed by atoms with Crippen LogP contribution in [0.15, 0.2) is 18.3 Å². The van der Waals surface area contributed by atoms with Crippen LogP contribution in [0.1, 0.15) is 12.0 Å². The lowest BCUT2D eigenvalue weighted by Gasteiger charge is -2.11. The van der Waals surface area contributed by atoms with Crippen molar-refractivity contribution in [3.8, 4) is 0 Å². The molecule has 0 fully saturated rings. The molecule has 3 rings (SSSR count). The van der Waals surface area contributed by atoms with Crippen molar-refractivity contribution in [3.05, 3.63) is 23.9 Å². The number of pyridine rings is 1. The third-order valence-electron chi connectivity index (χ3n) is 2.40. The Balaban J connectivity index is 2.29. The van der Waals surface area contributed by atoms with Crippen molar-refractivity contribution >= 4 is 32.5 Å². The Hall–Kier alpha value is -1.42. The highest BCUT2D eigenvalue weighted by Crippen LogP contribution is 2.37. The van der Waals surface area contributed by atoms with Crippen molar-refractivity contribution in [2.45, 2.75) is 12.8 Å². The molecule has 4 heteroatoms. The number of hydrogen-bond donors (Lipinski definition) is 1. The summed E-state index contributed by atoms with van der Waals surface area (Å²) in [6.07, 6.45) is 3.19. The molecule has 1 aliphatic heterocycles. The number of carbonyl (C=O) groups is 1. The first-order valence-corrected chi connectivity index (χ1v) is 5.32. The van der Waals surface area contributed by atoms with Crippen molar-refractivity contribution in [2.75, 3.05) is 5.32 Å². The number of aryl methyl sites for hydroxylation is 1. The molecule has 0 aliphatic carbocycles. The van der Waals surface area contributed by atoms with Crippen LogP contribution in [0.3, 0.4) is 0 Å². The Bertz CT molecular complexity index is 518. The van der Waals surface area contributed by atoms with Gasteiger partial charge in [0, 0.05) is 18.2 Å². The zero-order chi connectivity index (χ0) is 9.54. The van der Waals surface area contributed by atoms with E-state index < -0.39 is 0 Å². The average molecular weight is 204 g/mol. The quantitative estimate of drug-likeness (QED) is 0.714. The number of carbonyl (C=O) groups excluding carboxylic acids is 1. The van der Waals surface area contributed by atoms with E-state index in [0.717, 1.165) is 21.6 Å². The van der Waals surface area contributed by atoms with Gasteiger partial charge in [-0.25, -0.2) is 0 Å². The molecule has 70 valence electrons. The molecule has 1 aliphatic rings. The molecule has 3 nitrogen and oxygen atoms in total. The van der Waals surface area contributed by atoms with E-state index in [0.29, 0.717) is 6.42 Å². The maximum Gasteiger partial charge on any atom is 0.225 e. The monoisotopic (exact) mass is 204 g/mol. The van der Waals surface area contributed by atoms with Crippen LogP contribution in [-0.2, 0) is 11.2 Å². The highest BCUT2D eigenvalue weighted by atomic mass is 32.1. The van der Waals surface area contributed by atoms with Crippen LogP contribution in [0.25, 0.3) is 10.2 Å². The summed E-state index contributed by atoms with van der Waals surface area (Å²) in [5, 5.41) is 3.87. The number of amides is 1. The van der Waals surface area contributed by atoms with Gasteiger partial charge in [0.2, 0.25) is 5.91 Å². The molecule has 0 saturated heterocycles. The highest BCUT2D eigenvalue weighted by molar-refractivity contribution is 7.23. The van der Waals surface area contributed by atoms with E-state index in [1.807, 2.05) is 12.1 Å². The topological polar surface area (TPSA) is 42.0 Å². The summed E-state index contributed by atoms with van der Waals surface area (Å²) >= 11 is 1.61. The van der Waals surface area contributed by atoms with E-state index in [-0.39, 0.29) is 5.91 Å². The van der Waals surface area contributed by atoms with E-state index in [2.05, 4.69) is 10.3 Å². The summed E-state index contributed by atoms with van der Waals surface area (Å²) in [7, 11) is 0. The van der Waals surface area contributed by atoms with Crippen LogP contribution in [0.4, 0.5) is 5.00 Å².